The molecule has 0 radical (unpaired) electrons. The average molecular weight is 426 g/mol. The predicted octanol–water partition coefficient (Wildman–Crippen LogP) is 7.84. The van der Waals surface area contributed by atoms with E-state index < -0.39 is 0 Å². The van der Waals surface area contributed by atoms with E-state index in [0.717, 1.165) is 17.1 Å². The maximum absolute atomic E-state index is 4.53. The number of aryl methyl sites for hydroxylation is 2. The molecule has 0 atom stereocenters. The molecule has 2 aromatic carbocycles. The quantitative estimate of drug-likeness (QED) is 0.528. The van der Waals surface area contributed by atoms with Gasteiger partial charge < -0.3 is 10.2 Å². The number of benzene rings is 2. The summed E-state index contributed by atoms with van der Waals surface area (Å²) in [6.45, 7) is 16.6. The minimum atomic E-state index is 0.592. The molecule has 0 amide bonds. The van der Waals surface area contributed by atoms with Gasteiger partial charge in [-0.1, -0.05) is 67.6 Å². The fraction of sp³-hybridized carbons (Fsp3) is 0.276. The third-order valence-corrected chi connectivity index (χ3v) is 6.18. The maximum Gasteiger partial charge on any atom is 0.0701 e. The van der Waals surface area contributed by atoms with Crippen LogP contribution in [0.2, 0.25) is 0 Å². The number of nitrogens with one attached hydrogen (secondary N) is 1. The zero-order valence-corrected chi connectivity index (χ0v) is 19.9. The van der Waals surface area contributed by atoms with Crippen LogP contribution in [0.1, 0.15) is 49.8 Å². The van der Waals surface area contributed by atoms with E-state index in [4.69, 9.17) is 0 Å². The number of aliphatic imine (C=N–C) groups is 1. The van der Waals surface area contributed by atoms with E-state index in [1.54, 1.807) is 6.20 Å². The highest BCUT2D eigenvalue weighted by Crippen LogP contribution is 2.38. The van der Waals surface area contributed by atoms with Crippen LogP contribution in [0, 0.1) is 19.8 Å². The van der Waals surface area contributed by atoms with Gasteiger partial charge in [-0.05, 0) is 75.4 Å². The fourth-order valence-corrected chi connectivity index (χ4v) is 3.94. The van der Waals surface area contributed by atoms with Crippen molar-refractivity contribution in [2.75, 3.05) is 5.32 Å². The topological polar surface area (TPSA) is 27.6 Å². The second kappa shape index (κ2) is 10.8. The minimum Gasteiger partial charge on any atom is -0.362 e. The molecule has 32 heavy (non-hydrogen) atoms. The van der Waals surface area contributed by atoms with E-state index in [1.165, 1.54) is 47.2 Å². The standard InChI is InChI=1S/C22H27N3.C7H8/c1-6-23-21-14-20(11-10-15(21)2)16(3)22-17(4)24-12-13-25(22)18(5)19-8-7-9-19;1-7-5-3-2-4-6-7/h6,10-14,19,23H,1,5,7-9H2,2-4H3;2-6H,1H3/b22-16+;. The van der Waals surface area contributed by atoms with Crippen LogP contribution >= 0.6 is 0 Å². The number of hydrogen-bond acceptors (Lipinski definition) is 3. The van der Waals surface area contributed by atoms with Crippen LogP contribution in [-0.4, -0.2) is 10.6 Å². The molecule has 1 aliphatic heterocycles. The van der Waals surface area contributed by atoms with E-state index in [-0.39, 0.29) is 0 Å². The largest absolute Gasteiger partial charge is 0.362 e. The average Bonchev–Trinajstić information content (AvgIpc) is 2.74. The summed E-state index contributed by atoms with van der Waals surface area (Å²) in [5.41, 5.74) is 9.35. The van der Waals surface area contributed by atoms with Crippen molar-refractivity contribution >= 4 is 17.0 Å². The lowest BCUT2D eigenvalue weighted by Crippen LogP contribution is -2.30. The Bertz CT molecular complexity index is 1050. The number of allylic oxidation sites excluding steroid dienone is 3. The zero-order valence-electron chi connectivity index (χ0n) is 19.9. The Hall–Kier alpha value is -3.33. The van der Waals surface area contributed by atoms with Crippen molar-refractivity contribution in [2.24, 2.45) is 10.9 Å². The molecule has 0 spiro atoms. The van der Waals surface area contributed by atoms with Gasteiger partial charge in [-0.3, -0.25) is 4.99 Å². The fourth-order valence-electron chi connectivity index (χ4n) is 3.94. The lowest BCUT2D eigenvalue weighted by Gasteiger charge is -2.37. The molecular weight excluding hydrogens is 390 g/mol. The van der Waals surface area contributed by atoms with Crippen molar-refractivity contribution in [2.45, 2.75) is 47.0 Å². The summed E-state index contributed by atoms with van der Waals surface area (Å²) in [6.07, 6.45) is 9.42. The zero-order chi connectivity index (χ0) is 23.1. The lowest BCUT2D eigenvalue weighted by molar-refractivity contribution is 0.317. The van der Waals surface area contributed by atoms with Gasteiger partial charge in [-0.15, -0.1) is 0 Å². The van der Waals surface area contributed by atoms with E-state index in [2.05, 4.69) is 86.4 Å². The third kappa shape index (κ3) is 5.47. The van der Waals surface area contributed by atoms with Gasteiger partial charge in [-0.2, -0.15) is 0 Å². The molecule has 0 saturated heterocycles. The molecule has 2 aromatic rings. The van der Waals surface area contributed by atoms with Crippen molar-refractivity contribution in [1.82, 2.24) is 4.90 Å². The molecule has 1 aliphatic carbocycles. The molecule has 3 heteroatoms. The van der Waals surface area contributed by atoms with E-state index >= 15 is 0 Å². The summed E-state index contributed by atoms with van der Waals surface area (Å²) in [7, 11) is 0. The summed E-state index contributed by atoms with van der Waals surface area (Å²) in [5.74, 6) is 0.592. The van der Waals surface area contributed by atoms with Crippen molar-refractivity contribution in [1.29, 1.82) is 0 Å². The van der Waals surface area contributed by atoms with Gasteiger partial charge in [0.05, 0.1) is 11.4 Å². The van der Waals surface area contributed by atoms with Crippen LogP contribution in [0.25, 0.3) is 5.57 Å². The van der Waals surface area contributed by atoms with Gasteiger partial charge in [0.1, 0.15) is 0 Å². The third-order valence-electron chi connectivity index (χ3n) is 6.18. The second-order valence-corrected chi connectivity index (χ2v) is 8.51. The maximum atomic E-state index is 4.53. The van der Waals surface area contributed by atoms with Crippen LogP contribution in [0.4, 0.5) is 5.69 Å². The summed E-state index contributed by atoms with van der Waals surface area (Å²) in [6, 6.07) is 16.7. The summed E-state index contributed by atoms with van der Waals surface area (Å²) in [4.78, 5) is 6.77. The Morgan fingerprint density at radius 2 is 1.81 bits per heavy atom. The van der Waals surface area contributed by atoms with Gasteiger partial charge in [0.15, 0.2) is 0 Å². The Morgan fingerprint density at radius 1 is 1.09 bits per heavy atom. The van der Waals surface area contributed by atoms with Crippen LogP contribution in [-0.2, 0) is 0 Å². The first-order chi connectivity index (χ1) is 15.4. The van der Waals surface area contributed by atoms with Crippen LogP contribution in [0.3, 0.4) is 0 Å². The second-order valence-electron chi connectivity index (χ2n) is 8.51. The molecule has 0 aromatic heterocycles. The molecular formula is C29H35N3. The Morgan fingerprint density at radius 3 is 2.38 bits per heavy atom. The molecule has 3 nitrogen and oxygen atoms in total. The molecule has 1 fully saturated rings. The summed E-state index contributed by atoms with van der Waals surface area (Å²) >= 11 is 0. The van der Waals surface area contributed by atoms with E-state index in [0.29, 0.717) is 5.92 Å². The number of nitrogens with zero attached hydrogens (tertiary/aromatic N) is 2. The van der Waals surface area contributed by atoms with Crippen molar-refractivity contribution < 1.29 is 0 Å². The van der Waals surface area contributed by atoms with Crippen molar-refractivity contribution in [3.8, 4) is 0 Å². The lowest BCUT2D eigenvalue weighted by atomic mass is 9.82. The Kier molecular flexibility index (Phi) is 7.88. The smallest absolute Gasteiger partial charge is 0.0701 e. The van der Waals surface area contributed by atoms with Crippen LogP contribution in [0.15, 0.2) is 96.7 Å². The Balaban J connectivity index is 0.000000352. The Labute approximate surface area is 193 Å². The van der Waals surface area contributed by atoms with Gasteiger partial charge in [0.25, 0.3) is 0 Å². The summed E-state index contributed by atoms with van der Waals surface area (Å²) in [5, 5.41) is 3.22. The molecule has 4 rings (SSSR count). The van der Waals surface area contributed by atoms with Gasteiger partial charge in [-0.25, -0.2) is 0 Å². The highest BCUT2D eigenvalue weighted by Gasteiger charge is 2.28. The molecule has 1 saturated carbocycles. The first-order valence-electron chi connectivity index (χ1n) is 11.3. The number of rotatable bonds is 5. The predicted molar refractivity (Wildman–Crippen MR) is 139 cm³/mol. The first-order valence-corrected chi connectivity index (χ1v) is 11.3. The number of hydrogen-bond donors (Lipinski definition) is 1. The monoisotopic (exact) mass is 425 g/mol. The summed E-state index contributed by atoms with van der Waals surface area (Å²) < 4.78 is 0. The van der Waals surface area contributed by atoms with Crippen molar-refractivity contribution in [3.63, 3.8) is 0 Å². The highest BCUT2D eigenvalue weighted by atomic mass is 15.2. The first kappa shape index (κ1) is 23.3. The normalized spacial score (nSPS) is 16.9. The highest BCUT2D eigenvalue weighted by molar-refractivity contribution is 6.05. The molecule has 2 aliphatic rings. The van der Waals surface area contributed by atoms with Gasteiger partial charge in [0.2, 0.25) is 0 Å². The molecule has 0 unspecified atom stereocenters. The van der Waals surface area contributed by atoms with Crippen LogP contribution in [0.5, 0.6) is 0 Å². The SMILES string of the molecule is C=CNc1cc(/C(C)=C2\C(C)=NC=CN2C(=C)C2CCC2)ccc1C.Cc1ccccc1. The molecule has 166 valence electrons. The van der Waals surface area contributed by atoms with E-state index in [9.17, 15) is 0 Å². The van der Waals surface area contributed by atoms with Crippen molar-refractivity contribution in [3.05, 3.63) is 108 Å². The molecule has 0 bridgehead atoms. The van der Waals surface area contributed by atoms with Crippen LogP contribution < -0.4 is 5.32 Å². The van der Waals surface area contributed by atoms with E-state index in [1.807, 2.05) is 30.6 Å². The minimum absolute atomic E-state index is 0.592. The molecule has 1 N–H and O–H groups in total. The van der Waals surface area contributed by atoms with Gasteiger partial charge >= 0.3 is 0 Å². The number of anilines is 1. The molecule has 1 heterocycles. The van der Waals surface area contributed by atoms with Gasteiger partial charge in [0, 0.05) is 23.8 Å².